The molecule has 1 aliphatic rings. The summed E-state index contributed by atoms with van der Waals surface area (Å²) in [5, 5.41) is 0. The summed E-state index contributed by atoms with van der Waals surface area (Å²) in [5.74, 6) is -70.0. The molecule has 24 heteroatoms. The molecule has 1 aliphatic heterocycles. The number of hydrogen-bond acceptors (Lipinski definition) is 1. The molecule has 0 N–H and O–H groups in total. The molecule has 228 valence electrons. The van der Waals surface area contributed by atoms with Crippen molar-refractivity contribution in [2.45, 2.75) is 77.9 Å². The summed E-state index contributed by atoms with van der Waals surface area (Å²) in [5.41, 5.74) is -9.00. The zero-order chi connectivity index (χ0) is 31.2. The van der Waals surface area contributed by atoms with Crippen molar-refractivity contribution in [3.05, 3.63) is 0 Å². The summed E-state index contributed by atoms with van der Waals surface area (Å²) < 4.78 is 308. The van der Waals surface area contributed by atoms with Gasteiger partial charge in [-0.2, -0.15) is 96.6 Å². The Kier molecular flexibility index (Phi) is 7.62. The molecule has 0 aromatic rings. The predicted molar refractivity (Wildman–Crippen MR) is 69.9 cm³/mol. The van der Waals surface area contributed by atoms with E-state index < -0.39 is 84.5 Å². The fourth-order valence-corrected chi connectivity index (χ4v) is 2.55. The summed E-state index contributed by atoms with van der Waals surface area (Å²) in [4.78, 5) is 0. The minimum absolute atomic E-state index is 0.980. The van der Waals surface area contributed by atoms with Crippen LogP contribution in [0.4, 0.5) is 101 Å². The van der Waals surface area contributed by atoms with Crippen LogP contribution in [0.1, 0.15) is 6.42 Å². The second-order valence-electron chi connectivity index (χ2n) is 7.54. The van der Waals surface area contributed by atoms with Gasteiger partial charge in [0.1, 0.15) is 0 Å². The van der Waals surface area contributed by atoms with Crippen molar-refractivity contribution in [2.75, 3.05) is 6.61 Å². The Bertz CT molecular complexity index is 860. The second-order valence-corrected chi connectivity index (χ2v) is 7.54. The molecule has 0 radical (unpaired) electrons. The smallest absolute Gasteiger partial charge is 0.373 e. The Balaban J connectivity index is 3.83. The molecular formula is C14H5F23O. The molecule has 0 amide bonds. The summed E-state index contributed by atoms with van der Waals surface area (Å²) >= 11 is 0. The Hall–Kier alpha value is -1.65. The molecule has 1 fully saturated rings. The molecule has 1 nitrogen and oxygen atoms in total. The number of halogens is 23. The van der Waals surface area contributed by atoms with Crippen LogP contribution >= 0.6 is 0 Å². The van der Waals surface area contributed by atoms with Crippen molar-refractivity contribution < 1.29 is 106 Å². The van der Waals surface area contributed by atoms with Gasteiger partial charge in [0.05, 0.1) is 12.7 Å². The monoisotopic (exact) mass is 626 g/mol. The first-order valence-electron chi connectivity index (χ1n) is 8.54. The van der Waals surface area contributed by atoms with E-state index in [2.05, 4.69) is 4.74 Å². The van der Waals surface area contributed by atoms with Crippen LogP contribution in [-0.2, 0) is 4.74 Å². The normalized spacial score (nSPS) is 20.1. The summed E-state index contributed by atoms with van der Waals surface area (Å²) in [6.07, 6.45) is -21.9. The number of hydrogen-bond donors (Lipinski definition) is 0. The van der Waals surface area contributed by atoms with E-state index in [1.807, 2.05) is 0 Å². The molecule has 1 unspecified atom stereocenters. The number of alkyl halides is 23. The lowest BCUT2D eigenvalue weighted by Crippen LogP contribution is -2.79. The first-order valence-corrected chi connectivity index (χ1v) is 8.54. The van der Waals surface area contributed by atoms with Gasteiger partial charge in [0.15, 0.2) is 0 Å². The highest BCUT2D eigenvalue weighted by atomic mass is 19.4. The van der Waals surface area contributed by atoms with Gasteiger partial charge in [-0.3, -0.25) is 0 Å². The minimum Gasteiger partial charge on any atom is -0.373 e. The molecule has 0 spiro atoms. The fraction of sp³-hybridized carbons (Fsp3) is 1.00. The van der Waals surface area contributed by atoms with Crippen molar-refractivity contribution in [3.63, 3.8) is 0 Å². The Morgan fingerprint density at radius 2 is 0.632 bits per heavy atom. The van der Waals surface area contributed by atoms with Gasteiger partial charge in [-0.1, -0.05) is 0 Å². The number of rotatable bonds is 10. The van der Waals surface area contributed by atoms with Crippen LogP contribution in [0.3, 0.4) is 0 Å². The number of epoxide rings is 1. The maximum Gasteiger partial charge on any atom is 0.438 e. The van der Waals surface area contributed by atoms with Gasteiger partial charge < -0.3 is 4.74 Å². The lowest BCUT2D eigenvalue weighted by atomic mass is 9.82. The van der Waals surface area contributed by atoms with Crippen molar-refractivity contribution >= 4 is 0 Å². The van der Waals surface area contributed by atoms with E-state index in [0.29, 0.717) is 0 Å². The van der Waals surface area contributed by atoms with Crippen LogP contribution in [0.2, 0.25) is 0 Å². The molecular weight excluding hydrogens is 621 g/mol. The highest BCUT2D eigenvalue weighted by Gasteiger charge is 3.00. The zero-order valence-corrected chi connectivity index (χ0v) is 16.6. The van der Waals surface area contributed by atoms with Crippen LogP contribution in [0.5, 0.6) is 0 Å². The van der Waals surface area contributed by atoms with Crippen molar-refractivity contribution in [2.24, 2.45) is 0 Å². The average molecular weight is 626 g/mol. The van der Waals surface area contributed by atoms with Crippen LogP contribution < -0.4 is 0 Å². The van der Waals surface area contributed by atoms with Gasteiger partial charge in [-0.05, 0) is 0 Å². The average Bonchev–Trinajstić information content (AvgIpc) is 3.47. The van der Waals surface area contributed by atoms with E-state index in [9.17, 15) is 101 Å². The lowest BCUT2D eigenvalue weighted by molar-refractivity contribution is -0.481. The van der Waals surface area contributed by atoms with Crippen molar-refractivity contribution in [1.29, 1.82) is 0 Å². The van der Waals surface area contributed by atoms with Gasteiger partial charge in [0, 0.05) is 6.42 Å². The summed E-state index contributed by atoms with van der Waals surface area (Å²) in [6, 6.07) is 0. The topological polar surface area (TPSA) is 12.5 Å². The molecule has 38 heavy (non-hydrogen) atoms. The van der Waals surface area contributed by atoms with Gasteiger partial charge >= 0.3 is 65.4 Å². The predicted octanol–water partition coefficient (Wildman–Crippen LogP) is 7.69. The molecule has 1 heterocycles. The SMILES string of the molecule is FC(F)(F)C(F)(C(F)(F)F)C(F)(F)C(F)(F)C(F)(F)C(F)(F)C(F)(F)C(F)(F)C(F)(F)C(F)(F)CC1CO1. The van der Waals surface area contributed by atoms with Crippen LogP contribution in [-0.4, -0.2) is 78.1 Å². The molecule has 1 saturated heterocycles. The second kappa shape index (κ2) is 8.43. The molecule has 0 aromatic heterocycles. The van der Waals surface area contributed by atoms with Crippen LogP contribution in [0.15, 0.2) is 0 Å². The third-order valence-corrected chi connectivity index (χ3v) is 4.93. The molecule has 0 aromatic carbocycles. The standard InChI is InChI=1S/C14H5F23O/c15-4(16,1-3-2-38-3)6(18,19)8(22,23)10(26,27)12(30,31)11(28,29)9(24,25)7(20,21)5(17,13(32,33)34)14(35,36)37/h3H,1-2H2. The highest BCUT2D eigenvalue weighted by molar-refractivity contribution is 5.20. The molecule has 0 saturated carbocycles. The van der Waals surface area contributed by atoms with E-state index in [4.69, 9.17) is 0 Å². The van der Waals surface area contributed by atoms with E-state index in [0.717, 1.165) is 0 Å². The van der Waals surface area contributed by atoms with Crippen molar-refractivity contribution in [3.8, 4) is 0 Å². The Labute approximate surface area is 191 Å². The first-order chi connectivity index (χ1) is 16.1. The van der Waals surface area contributed by atoms with E-state index >= 15 is 0 Å². The van der Waals surface area contributed by atoms with Gasteiger partial charge in [0.25, 0.3) is 0 Å². The maximum absolute atomic E-state index is 13.6. The third-order valence-electron chi connectivity index (χ3n) is 4.93. The Morgan fingerprint density at radius 1 is 0.395 bits per heavy atom. The highest BCUT2D eigenvalue weighted by Crippen LogP contribution is 2.68. The minimum atomic E-state index is -9.44. The Morgan fingerprint density at radius 3 is 0.868 bits per heavy atom. The maximum atomic E-state index is 13.6. The largest absolute Gasteiger partial charge is 0.438 e. The quantitative estimate of drug-likeness (QED) is 0.179. The van der Waals surface area contributed by atoms with Crippen LogP contribution in [0, 0.1) is 0 Å². The molecule has 1 rings (SSSR count). The summed E-state index contributed by atoms with van der Waals surface area (Å²) in [6.45, 7) is -0.980. The number of ether oxygens (including phenoxy) is 1. The summed E-state index contributed by atoms with van der Waals surface area (Å²) in [7, 11) is 0. The fourth-order valence-electron chi connectivity index (χ4n) is 2.55. The van der Waals surface area contributed by atoms with E-state index in [1.54, 1.807) is 0 Å². The van der Waals surface area contributed by atoms with E-state index in [-0.39, 0.29) is 0 Å². The van der Waals surface area contributed by atoms with Gasteiger partial charge in [-0.15, -0.1) is 0 Å². The third kappa shape index (κ3) is 4.12. The van der Waals surface area contributed by atoms with E-state index in [1.165, 1.54) is 0 Å². The molecule has 0 aliphatic carbocycles. The van der Waals surface area contributed by atoms with Gasteiger partial charge in [0.2, 0.25) is 0 Å². The molecule has 0 bridgehead atoms. The van der Waals surface area contributed by atoms with Gasteiger partial charge in [-0.25, -0.2) is 4.39 Å². The first kappa shape index (κ1) is 34.4. The van der Waals surface area contributed by atoms with Crippen LogP contribution in [0.25, 0.3) is 0 Å². The van der Waals surface area contributed by atoms with Crippen molar-refractivity contribution in [1.82, 2.24) is 0 Å². The zero-order valence-electron chi connectivity index (χ0n) is 16.6. The lowest BCUT2D eigenvalue weighted by Gasteiger charge is -2.46. The molecule has 1 atom stereocenters.